The summed E-state index contributed by atoms with van der Waals surface area (Å²) in [5, 5.41) is 5.88. The molecule has 1 saturated heterocycles. The fourth-order valence-electron chi connectivity index (χ4n) is 2.07. The van der Waals surface area contributed by atoms with Gasteiger partial charge in [-0.1, -0.05) is 15.9 Å². The Hall–Kier alpha value is -0.980. The van der Waals surface area contributed by atoms with Gasteiger partial charge in [0.2, 0.25) is 5.91 Å². The van der Waals surface area contributed by atoms with Gasteiger partial charge in [0.15, 0.2) is 0 Å². The predicted molar refractivity (Wildman–Crippen MR) is 76.6 cm³/mol. The third-order valence-electron chi connectivity index (χ3n) is 3.27. The zero-order chi connectivity index (χ0) is 13.8. The highest BCUT2D eigenvalue weighted by atomic mass is 79.9. The zero-order valence-corrected chi connectivity index (χ0v) is 12.3. The average Bonchev–Trinajstić information content (AvgIpc) is 2.43. The Labute approximate surface area is 120 Å². The van der Waals surface area contributed by atoms with Gasteiger partial charge < -0.3 is 10.6 Å². The van der Waals surface area contributed by atoms with E-state index < -0.39 is 5.82 Å². The second-order valence-electron chi connectivity index (χ2n) is 4.58. The minimum Gasteiger partial charge on any atom is -0.322 e. The number of hydrogen-bond acceptors (Lipinski definition) is 3. The summed E-state index contributed by atoms with van der Waals surface area (Å²) in [6, 6.07) is 4.23. The van der Waals surface area contributed by atoms with Gasteiger partial charge in [-0.15, -0.1) is 0 Å². The first-order valence-corrected chi connectivity index (χ1v) is 7.08. The standard InChI is InChI=1S/C13H17BrFN3O/c1-9(18-6-4-16-5-7-18)13(19)17-12-8-10(14)2-3-11(12)15/h2-3,8-9,16H,4-7H2,1H3,(H,17,19). The molecule has 1 heterocycles. The van der Waals surface area contributed by atoms with Crippen LogP contribution in [-0.4, -0.2) is 43.0 Å². The number of halogens is 2. The molecular weight excluding hydrogens is 313 g/mol. The summed E-state index contributed by atoms with van der Waals surface area (Å²) in [5.74, 6) is -0.608. The molecule has 1 unspecified atom stereocenters. The van der Waals surface area contributed by atoms with Crippen LogP contribution in [0.5, 0.6) is 0 Å². The van der Waals surface area contributed by atoms with E-state index in [1.54, 1.807) is 12.1 Å². The number of anilines is 1. The largest absolute Gasteiger partial charge is 0.322 e. The number of nitrogens with zero attached hydrogens (tertiary/aromatic N) is 1. The van der Waals surface area contributed by atoms with Crippen LogP contribution >= 0.6 is 15.9 Å². The van der Waals surface area contributed by atoms with Crippen LogP contribution in [-0.2, 0) is 4.79 Å². The van der Waals surface area contributed by atoms with Crippen molar-refractivity contribution >= 4 is 27.5 Å². The van der Waals surface area contributed by atoms with Gasteiger partial charge in [0.05, 0.1) is 11.7 Å². The first-order valence-electron chi connectivity index (χ1n) is 6.28. The first-order chi connectivity index (χ1) is 9.08. The molecule has 1 aromatic rings. The van der Waals surface area contributed by atoms with Gasteiger partial charge in [-0.05, 0) is 25.1 Å². The lowest BCUT2D eigenvalue weighted by molar-refractivity contribution is -0.121. The highest BCUT2D eigenvalue weighted by Gasteiger charge is 2.23. The van der Waals surface area contributed by atoms with Crippen LogP contribution in [0.2, 0.25) is 0 Å². The molecule has 1 aliphatic heterocycles. The monoisotopic (exact) mass is 329 g/mol. The van der Waals surface area contributed by atoms with E-state index in [9.17, 15) is 9.18 Å². The quantitative estimate of drug-likeness (QED) is 0.889. The SMILES string of the molecule is CC(C(=O)Nc1cc(Br)ccc1F)N1CCNCC1. The van der Waals surface area contributed by atoms with Crippen molar-refractivity contribution in [2.24, 2.45) is 0 Å². The van der Waals surface area contributed by atoms with Crippen molar-refractivity contribution in [2.75, 3.05) is 31.5 Å². The van der Waals surface area contributed by atoms with E-state index in [0.717, 1.165) is 30.7 Å². The summed E-state index contributed by atoms with van der Waals surface area (Å²) < 4.78 is 14.3. The molecule has 2 rings (SSSR count). The summed E-state index contributed by atoms with van der Waals surface area (Å²) >= 11 is 3.26. The maximum Gasteiger partial charge on any atom is 0.241 e. The maximum atomic E-state index is 13.6. The molecule has 1 aromatic carbocycles. The third-order valence-corrected chi connectivity index (χ3v) is 3.76. The molecule has 1 atom stereocenters. The predicted octanol–water partition coefficient (Wildman–Crippen LogP) is 1.82. The molecule has 0 radical (unpaired) electrons. The summed E-state index contributed by atoms with van der Waals surface area (Å²) in [4.78, 5) is 14.2. The molecule has 1 fully saturated rings. The highest BCUT2D eigenvalue weighted by Crippen LogP contribution is 2.20. The molecular formula is C13H17BrFN3O. The normalized spacial score (nSPS) is 18.1. The number of benzene rings is 1. The van der Waals surface area contributed by atoms with Crippen LogP contribution in [0.25, 0.3) is 0 Å². The summed E-state index contributed by atoms with van der Waals surface area (Å²) in [6.07, 6.45) is 0. The van der Waals surface area contributed by atoms with E-state index in [-0.39, 0.29) is 17.6 Å². The van der Waals surface area contributed by atoms with Crippen molar-refractivity contribution in [1.29, 1.82) is 0 Å². The Kier molecular flexibility index (Phi) is 4.90. The number of carbonyl (C=O) groups excluding carboxylic acids is 1. The van der Waals surface area contributed by atoms with E-state index >= 15 is 0 Å². The number of amides is 1. The van der Waals surface area contributed by atoms with E-state index in [1.165, 1.54) is 6.07 Å². The Morgan fingerprint density at radius 3 is 2.84 bits per heavy atom. The van der Waals surface area contributed by atoms with Gasteiger partial charge in [-0.25, -0.2) is 4.39 Å². The van der Waals surface area contributed by atoms with E-state index in [2.05, 4.69) is 31.5 Å². The van der Waals surface area contributed by atoms with Crippen LogP contribution in [0.1, 0.15) is 6.92 Å². The molecule has 4 nitrogen and oxygen atoms in total. The minimum atomic E-state index is -0.427. The number of piperazine rings is 1. The average molecular weight is 330 g/mol. The second kappa shape index (κ2) is 6.45. The second-order valence-corrected chi connectivity index (χ2v) is 5.49. The lowest BCUT2D eigenvalue weighted by atomic mass is 10.2. The number of hydrogen-bond donors (Lipinski definition) is 2. The van der Waals surface area contributed by atoms with Crippen LogP contribution < -0.4 is 10.6 Å². The van der Waals surface area contributed by atoms with Gasteiger partial charge in [0.1, 0.15) is 5.82 Å². The molecule has 0 aliphatic carbocycles. The molecule has 0 spiro atoms. The fourth-order valence-corrected chi connectivity index (χ4v) is 2.43. The van der Waals surface area contributed by atoms with Crippen molar-refractivity contribution in [1.82, 2.24) is 10.2 Å². The highest BCUT2D eigenvalue weighted by molar-refractivity contribution is 9.10. The number of carbonyl (C=O) groups is 1. The molecule has 1 amide bonds. The third kappa shape index (κ3) is 3.75. The molecule has 1 aliphatic rings. The van der Waals surface area contributed by atoms with Gasteiger partial charge in [-0.2, -0.15) is 0 Å². The van der Waals surface area contributed by atoms with Gasteiger partial charge >= 0.3 is 0 Å². The Balaban J connectivity index is 2.01. The topological polar surface area (TPSA) is 44.4 Å². The first kappa shape index (κ1) is 14.4. The van der Waals surface area contributed by atoms with Crippen LogP contribution in [0.15, 0.2) is 22.7 Å². The lowest BCUT2D eigenvalue weighted by Gasteiger charge is -2.31. The molecule has 0 bridgehead atoms. The minimum absolute atomic E-state index is 0.182. The zero-order valence-electron chi connectivity index (χ0n) is 10.7. The van der Waals surface area contributed by atoms with Crippen molar-refractivity contribution in [3.05, 3.63) is 28.5 Å². The summed E-state index contributed by atoms with van der Waals surface area (Å²) in [6.45, 7) is 5.26. The van der Waals surface area contributed by atoms with E-state index in [4.69, 9.17) is 0 Å². The smallest absolute Gasteiger partial charge is 0.241 e. The Morgan fingerprint density at radius 2 is 2.16 bits per heavy atom. The van der Waals surface area contributed by atoms with E-state index in [0.29, 0.717) is 0 Å². The molecule has 19 heavy (non-hydrogen) atoms. The van der Waals surface area contributed by atoms with Gasteiger partial charge in [0.25, 0.3) is 0 Å². The maximum absolute atomic E-state index is 13.6. The van der Waals surface area contributed by atoms with Gasteiger partial charge in [-0.3, -0.25) is 9.69 Å². The molecule has 0 saturated carbocycles. The summed E-state index contributed by atoms with van der Waals surface area (Å²) in [5.41, 5.74) is 0.210. The van der Waals surface area contributed by atoms with Crippen LogP contribution in [0, 0.1) is 5.82 Å². The van der Waals surface area contributed by atoms with Crippen LogP contribution in [0.3, 0.4) is 0 Å². The van der Waals surface area contributed by atoms with Gasteiger partial charge in [0, 0.05) is 30.7 Å². The fraction of sp³-hybridized carbons (Fsp3) is 0.462. The Bertz CT molecular complexity index is 463. The Morgan fingerprint density at radius 1 is 1.47 bits per heavy atom. The summed E-state index contributed by atoms with van der Waals surface area (Å²) in [7, 11) is 0. The number of nitrogens with one attached hydrogen (secondary N) is 2. The van der Waals surface area contributed by atoms with Crippen molar-refractivity contribution in [3.8, 4) is 0 Å². The lowest BCUT2D eigenvalue weighted by Crippen LogP contribution is -2.51. The van der Waals surface area contributed by atoms with Crippen molar-refractivity contribution in [2.45, 2.75) is 13.0 Å². The molecule has 104 valence electrons. The number of rotatable bonds is 3. The molecule has 2 N–H and O–H groups in total. The van der Waals surface area contributed by atoms with Crippen molar-refractivity contribution < 1.29 is 9.18 Å². The van der Waals surface area contributed by atoms with E-state index in [1.807, 2.05) is 6.92 Å². The van der Waals surface area contributed by atoms with Crippen LogP contribution in [0.4, 0.5) is 10.1 Å². The molecule has 6 heteroatoms. The van der Waals surface area contributed by atoms with Crippen molar-refractivity contribution in [3.63, 3.8) is 0 Å². The molecule has 0 aromatic heterocycles.